The maximum Gasteiger partial charge on any atom is 0.179 e. The third-order valence-electron chi connectivity index (χ3n) is 4.52. The van der Waals surface area contributed by atoms with Gasteiger partial charge >= 0.3 is 0 Å². The van der Waals surface area contributed by atoms with E-state index in [0.29, 0.717) is 17.4 Å². The minimum atomic E-state index is -3.12. The molecule has 0 saturated heterocycles. The van der Waals surface area contributed by atoms with Crippen LogP contribution in [0.1, 0.15) is 31.2 Å². The summed E-state index contributed by atoms with van der Waals surface area (Å²) in [7, 11) is -3.12. The summed E-state index contributed by atoms with van der Waals surface area (Å²) in [5.74, 6) is 0.986. The van der Waals surface area contributed by atoms with E-state index in [1.807, 2.05) is 0 Å². The van der Waals surface area contributed by atoms with E-state index in [1.165, 1.54) is 12.8 Å². The average Bonchev–Trinajstić information content (AvgIpc) is 3.07. The summed E-state index contributed by atoms with van der Waals surface area (Å²) in [4.78, 5) is 9.13. The molecule has 0 atom stereocenters. The molecule has 1 N–H and O–H groups in total. The average molecular weight is 303 g/mol. The van der Waals surface area contributed by atoms with Gasteiger partial charge in [0, 0.05) is 11.4 Å². The molecule has 1 aliphatic heterocycles. The lowest BCUT2D eigenvalue weighted by molar-refractivity contribution is 0.600. The number of benzene rings is 1. The SMILES string of the molecule is O=S1(=O)CCc2c1ccc1ncnc(NC3CCCC3)c21. The van der Waals surface area contributed by atoms with Crippen molar-refractivity contribution >= 4 is 26.6 Å². The Morgan fingerprint density at radius 2 is 1.95 bits per heavy atom. The van der Waals surface area contributed by atoms with E-state index in [2.05, 4.69) is 15.3 Å². The fourth-order valence-corrected chi connectivity index (χ4v) is 5.01. The summed E-state index contributed by atoms with van der Waals surface area (Å²) in [6.07, 6.45) is 6.90. The maximum absolute atomic E-state index is 12.1. The zero-order valence-electron chi connectivity index (χ0n) is 11.7. The predicted molar refractivity (Wildman–Crippen MR) is 81.2 cm³/mol. The summed E-state index contributed by atoms with van der Waals surface area (Å²) in [6.45, 7) is 0. The zero-order chi connectivity index (χ0) is 14.4. The normalized spacial score (nSPS) is 20.8. The van der Waals surface area contributed by atoms with Gasteiger partial charge in [-0.15, -0.1) is 0 Å². The first-order valence-corrected chi connectivity index (χ1v) is 9.06. The Balaban J connectivity index is 1.89. The van der Waals surface area contributed by atoms with Crippen LogP contribution < -0.4 is 5.32 Å². The molecular weight excluding hydrogens is 286 g/mol. The van der Waals surface area contributed by atoms with E-state index in [-0.39, 0.29) is 5.75 Å². The molecule has 1 aromatic carbocycles. The third kappa shape index (κ3) is 2.09. The molecule has 0 amide bonds. The summed E-state index contributed by atoms with van der Waals surface area (Å²) in [5, 5.41) is 4.39. The highest BCUT2D eigenvalue weighted by Gasteiger charge is 2.29. The second-order valence-corrected chi connectivity index (χ2v) is 7.93. The van der Waals surface area contributed by atoms with Gasteiger partial charge in [-0.25, -0.2) is 18.4 Å². The number of anilines is 1. The van der Waals surface area contributed by atoms with Crippen LogP contribution in [-0.4, -0.2) is 30.2 Å². The van der Waals surface area contributed by atoms with Gasteiger partial charge in [-0.3, -0.25) is 0 Å². The highest BCUT2D eigenvalue weighted by atomic mass is 32.2. The molecule has 0 unspecified atom stereocenters. The molecule has 1 fully saturated rings. The van der Waals surface area contributed by atoms with Gasteiger partial charge in [0.25, 0.3) is 0 Å². The Morgan fingerprint density at radius 3 is 2.76 bits per heavy atom. The Labute approximate surface area is 123 Å². The lowest BCUT2D eigenvalue weighted by Crippen LogP contribution is -2.16. The molecule has 6 heteroatoms. The first-order valence-electron chi connectivity index (χ1n) is 7.41. The van der Waals surface area contributed by atoms with E-state index < -0.39 is 9.84 Å². The first-order chi connectivity index (χ1) is 10.1. The molecule has 0 spiro atoms. The van der Waals surface area contributed by atoms with E-state index in [1.54, 1.807) is 18.5 Å². The Morgan fingerprint density at radius 1 is 1.14 bits per heavy atom. The molecule has 21 heavy (non-hydrogen) atoms. The smallest absolute Gasteiger partial charge is 0.179 e. The molecule has 1 aromatic heterocycles. The van der Waals surface area contributed by atoms with Crippen LogP contribution in [0.15, 0.2) is 23.4 Å². The van der Waals surface area contributed by atoms with Crippen molar-refractivity contribution < 1.29 is 8.42 Å². The maximum atomic E-state index is 12.1. The van der Waals surface area contributed by atoms with Gasteiger partial charge in [0.05, 0.1) is 16.2 Å². The van der Waals surface area contributed by atoms with E-state index in [4.69, 9.17) is 0 Å². The van der Waals surface area contributed by atoms with Crippen molar-refractivity contribution in [1.82, 2.24) is 9.97 Å². The van der Waals surface area contributed by atoms with Crippen LogP contribution >= 0.6 is 0 Å². The van der Waals surface area contributed by atoms with Crippen molar-refractivity contribution in [3.8, 4) is 0 Å². The largest absolute Gasteiger partial charge is 0.367 e. The number of aryl methyl sites for hydroxylation is 1. The lowest BCUT2D eigenvalue weighted by atomic mass is 10.1. The number of sulfone groups is 1. The fourth-order valence-electron chi connectivity index (χ4n) is 3.46. The van der Waals surface area contributed by atoms with Crippen LogP contribution in [0.4, 0.5) is 5.82 Å². The van der Waals surface area contributed by atoms with Crippen LogP contribution in [0.2, 0.25) is 0 Å². The molecule has 2 heterocycles. The fraction of sp³-hybridized carbons (Fsp3) is 0.467. The number of nitrogens with zero attached hydrogens (tertiary/aromatic N) is 2. The van der Waals surface area contributed by atoms with Gasteiger partial charge in [-0.05, 0) is 37.0 Å². The Hall–Kier alpha value is -1.69. The van der Waals surface area contributed by atoms with Crippen LogP contribution in [0.5, 0.6) is 0 Å². The summed E-state index contributed by atoms with van der Waals surface area (Å²) < 4.78 is 24.2. The van der Waals surface area contributed by atoms with Crippen molar-refractivity contribution in [2.45, 2.75) is 43.0 Å². The lowest BCUT2D eigenvalue weighted by Gasteiger charge is -2.15. The van der Waals surface area contributed by atoms with Gasteiger partial charge in [0.2, 0.25) is 0 Å². The quantitative estimate of drug-likeness (QED) is 0.921. The minimum Gasteiger partial charge on any atom is -0.367 e. The number of hydrogen-bond donors (Lipinski definition) is 1. The number of nitrogens with one attached hydrogen (secondary N) is 1. The van der Waals surface area contributed by atoms with E-state index in [0.717, 1.165) is 35.1 Å². The van der Waals surface area contributed by atoms with Crippen LogP contribution in [-0.2, 0) is 16.3 Å². The number of fused-ring (bicyclic) bond motifs is 3. The molecule has 4 rings (SSSR count). The Bertz CT molecular complexity index is 811. The highest BCUT2D eigenvalue weighted by molar-refractivity contribution is 7.91. The van der Waals surface area contributed by atoms with Gasteiger partial charge in [-0.2, -0.15) is 0 Å². The second kappa shape index (κ2) is 4.66. The van der Waals surface area contributed by atoms with Crippen molar-refractivity contribution in [3.63, 3.8) is 0 Å². The molecule has 1 saturated carbocycles. The van der Waals surface area contributed by atoms with Crippen molar-refractivity contribution in [2.75, 3.05) is 11.1 Å². The topological polar surface area (TPSA) is 72.0 Å². The first kappa shape index (κ1) is 13.0. The number of rotatable bonds is 2. The van der Waals surface area contributed by atoms with Gasteiger partial charge in [0.15, 0.2) is 9.84 Å². The molecular formula is C15H17N3O2S. The van der Waals surface area contributed by atoms with Crippen LogP contribution in [0, 0.1) is 0 Å². The minimum absolute atomic E-state index is 0.194. The summed E-state index contributed by atoms with van der Waals surface area (Å²) in [6, 6.07) is 3.92. The molecule has 0 radical (unpaired) electrons. The highest BCUT2D eigenvalue weighted by Crippen LogP contribution is 2.35. The van der Waals surface area contributed by atoms with Crippen molar-refractivity contribution in [1.29, 1.82) is 0 Å². The molecule has 2 aliphatic rings. The van der Waals surface area contributed by atoms with Gasteiger partial charge in [-0.1, -0.05) is 12.8 Å². The molecule has 2 aromatic rings. The monoisotopic (exact) mass is 303 g/mol. The molecule has 110 valence electrons. The van der Waals surface area contributed by atoms with Gasteiger partial charge in [0.1, 0.15) is 12.1 Å². The third-order valence-corrected chi connectivity index (χ3v) is 6.31. The molecule has 5 nitrogen and oxygen atoms in total. The summed E-state index contributed by atoms with van der Waals surface area (Å²) >= 11 is 0. The van der Waals surface area contributed by atoms with Crippen molar-refractivity contribution in [3.05, 3.63) is 24.0 Å². The van der Waals surface area contributed by atoms with Crippen LogP contribution in [0.3, 0.4) is 0 Å². The van der Waals surface area contributed by atoms with E-state index in [9.17, 15) is 8.42 Å². The molecule has 0 bridgehead atoms. The molecule has 1 aliphatic carbocycles. The van der Waals surface area contributed by atoms with Crippen molar-refractivity contribution in [2.24, 2.45) is 0 Å². The van der Waals surface area contributed by atoms with Crippen LogP contribution in [0.25, 0.3) is 10.9 Å². The predicted octanol–water partition coefficient (Wildman–Crippen LogP) is 2.31. The number of aromatic nitrogens is 2. The van der Waals surface area contributed by atoms with Gasteiger partial charge < -0.3 is 5.32 Å². The summed E-state index contributed by atoms with van der Waals surface area (Å²) in [5.41, 5.74) is 1.70. The Kier molecular flexibility index (Phi) is 2.89. The number of hydrogen-bond acceptors (Lipinski definition) is 5. The standard InChI is InChI=1S/C15H17N3O2S/c19-21(20)8-7-11-13(21)6-5-12-14(11)15(17-9-16-12)18-10-3-1-2-4-10/h5-6,9-10H,1-4,7-8H2,(H,16,17,18). The van der Waals surface area contributed by atoms with E-state index >= 15 is 0 Å². The second-order valence-electron chi connectivity index (χ2n) is 5.85. The zero-order valence-corrected chi connectivity index (χ0v) is 12.5.